The highest BCUT2D eigenvalue weighted by molar-refractivity contribution is 5.80. The topological polar surface area (TPSA) is 35.5 Å². The number of esters is 1. The van der Waals surface area contributed by atoms with Gasteiger partial charge in [0.2, 0.25) is 0 Å². The van der Waals surface area contributed by atoms with E-state index in [4.69, 9.17) is 9.47 Å². The number of carbonyl (C=O) groups excluding carboxylic acids is 1. The summed E-state index contributed by atoms with van der Waals surface area (Å²) < 4.78 is 11.1. The molecule has 2 aliphatic rings. The monoisotopic (exact) mass is 274 g/mol. The Hall–Kier alpha value is -1.51. The first-order valence-electron chi connectivity index (χ1n) is 7.69. The molecule has 0 heterocycles. The van der Waals surface area contributed by atoms with Crippen LogP contribution in [0.25, 0.3) is 0 Å². The molecule has 3 atom stereocenters. The second-order valence-electron chi connectivity index (χ2n) is 5.70. The third kappa shape index (κ3) is 2.19. The van der Waals surface area contributed by atoms with Crippen LogP contribution in [0.15, 0.2) is 18.2 Å². The van der Waals surface area contributed by atoms with Crippen LogP contribution in [-0.2, 0) is 16.0 Å². The van der Waals surface area contributed by atoms with Crippen LogP contribution < -0.4 is 4.74 Å². The van der Waals surface area contributed by atoms with Gasteiger partial charge in [-0.05, 0) is 37.3 Å². The zero-order chi connectivity index (χ0) is 14.1. The lowest BCUT2D eigenvalue weighted by atomic mass is 10.0. The Morgan fingerprint density at radius 2 is 2.20 bits per heavy atom. The molecule has 3 rings (SSSR count). The smallest absolute Gasteiger partial charge is 0.309 e. The number of rotatable bonds is 6. The fourth-order valence-corrected chi connectivity index (χ4v) is 3.43. The molecular formula is C17H22O3. The number of fused-ring (bicyclic) bond motifs is 3. The third-order valence-electron chi connectivity index (χ3n) is 4.43. The maximum absolute atomic E-state index is 11.9. The van der Waals surface area contributed by atoms with Gasteiger partial charge in [-0.3, -0.25) is 4.79 Å². The summed E-state index contributed by atoms with van der Waals surface area (Å²) in [6.07, 6.45) is 3.19. The fourth-order valence-electron chi connectivity index (χ4n) is 3.43. The van der Waals surface area contributed by atoms with Gasteiger partial charge in [-0.1, -0.05) is 25.5 Å². The molecule has 1 fully saturated rings. The van der Waals surface area contributed by atoms with Crippen LogP contribution in [0.5, 0.6) is 5.75 Å². The Bertz CT molecular complexity index is 509. The Morgan fingerprint density at radius 1 is 1.35 bits per heavy atom. The number of hydrogen-bond acceptors (Lipinski definition) is 3. The molecule has 0 amide bonds. The number of ether oxygens (including phenoxy) is 2. The number of unbranched alkanes of at least 4 members (excludes halogenated alkanes) is 1. The Balaban J connectivity index is 1.76. The van der Waals surface area contributed by atoms with Crippen molar-refractivity contribution in [3.8, 4) is 5.75 Å². The largest absolute Gasteiger partial charge is 0.493 e. The lowest BCUT2D eigenvalue weighted by Crippen LogP contribution is -2.11. The molecule has 0 saturated heterocycles. The molecule has 0 aromatic heterocycles. The summed E-state index contributed by atoms with van der Waals surface area (Å²) >= 11 is 0. The van der Waals surface area contributed by atoms with Crippen molar-refractivity contribution >= 4 is 5.97 Å². The zero-order valence-electron chi connectivity index (χ0n) is 12.2. The summed E-state index contributed by atoms with van der Waals surface area (Å²) in [5, 5.41) is 0. The fraction of sp³-hybridized carbons (Fsp3) is 0.588. The van der Waals surface area contributed by atoms with Crippen molar-refractivity contribution in [3.05, 3.63) is 29.3 Å². The van der Waals surface area contributed by atoms with Crippen molar-refractivity contribution < 1.29 is 14.3 Å². The van der Waals surface area contributed by atoms with Crippen LogP contribution in [0.3, 0.4) is 0 Å². The second kappa shape index (κ2) is 5.47. The van der Waals surface area contributed by atoms with E-state index in [1.807, 2.05) is 13.0 Å². The number of hydrogen-bond donors (Lipinski definition) is 0. The van der Waals surface area contributed by atoms with E-state index < -0.39 is 0 Å². The minimum absolute atomic E-state index is 0.0310. The van der Waals surface area contributed by atoms with E-state index in [1.54, 1.807) is 0 Å². The van der Waals surface area contributed by atoms with E-state index in [9.17, 15) is 4.79 Å². The summed E-state index contributed by atoms with van der Waals surface area (Å²) in [4.78, 5) is 11.9. The molecule has 0 N–H and O–H groups in total. The van der Waals surface area contributed by atoms with Gasteiger partial charge in [0.1, 0.15) is 5.75 Å². The molecule has 0 bridgehead atoms. The van der Waals surface area contributed by atoms with Crippen molar-refractivity contribution in [1.29, 1.82) is 0 Å². The van der Waals surface area contributed by atoms with Gasteiger partial charge in [0, 0.05) is 11.5 Å². The van der Waals surface area contributed by atoms with Crippen LogP contribution in [-0.4, -0.2) is 19.2 Å². The number of carbonyl (C=O) groups is 1. The van der Waals surface area contributed by atoms with Crippen molar-refractivity contribution in [2.45, 2.75) is 39.0 Å². The predicted molar refractivity (Wildman–Crippen MR) is 76.9 cm³/mol. The van der Waals surface area contributed by atoms with Gasteiger partial charge in [0.25, 0.3) is 0 Å². The highest BCUT2D eigenvalue weighted by Gasteiger charge is 2.61. The molecule has 20 heavy (non-hydrogen) atoms. The van der Waals surface area contributed by atoms with Gasteiger partial charge < -0.3 is 9.47 Å². The quantitative estimate of drug-likeness (QED) is 0.589. The third-order valence-corrected chi connectivity index (χ3v) is 4.43. The van der Waals surface area contributed by atoms with Crippen LogP contribution in [0.4, 0.5) is 0 Å². The lowest BCUT2D eigenvalue weighted by Gasteiger charge is -2.13. The molecule has 2 aliphatic carbocycles. The summed E-state index contributed by atoms with van der Waals surface area (Å²) in [5.41, 5.74) is 2.63. The molecule has 0 unspecified atom stereocenters. The lowest BCUT2D eigenvalue weighted by molar-refractivity contribution is -0.145. The molecule has 0 aliphatic heterocycles. The van der Waals surface area contributed by atoms with E-state index in [-0.39, 0.29) is 11.9 Å². The van der Waals surface area contributed by atoms with Gasteiger partial charge in [-0.15, -0.1) is 0 Å². The van der Waals surface area contributed by atoms with E-state index in [1.165, 1.54) is 11.1 Å². The minimum Gasteiger partial charge on any atom is -0.493 e. The van der Waals surface area contributed by atoms with Crippen molar-refractivity contribution in [3.63, 3.8) is 0 Å². The standard InChI is InChI=1S/C17H22O3/c1-3-5-9-20-13-8-6-7-11-10-12-15(14(11)13)16(12)17(18)19-4-2/h6-8,12,15-16H,3-5,9-10H2,1-2H3/t12-,15-,16+/m0/s1. The Kier molecular flexibility index (Phi) is 3.68. The summed E-state index contributed by atoms with van der Waals surface area (Å²) in [5.74, 6) is 1.80. The van der Waals surface area contributed by atoms with Gasteiger partial charge in [-0.2, -0.15) is 0 Å². The maximum Gasteiger partial charge on any atom is 0.309 e. The van der Waals surface area contributed by atoms with Crippen LogP contribution in [0.1, 0.15) is 43.7 Å². The van der Waals surface area contributed by atoms with Gasteiger partial charge in [-0.25, -0.2) is 0 Å². The van der Waals surface area contributed by atoms with Gasteiger partial charge >= 0.3 is 5.97 Å². The maximum atomic E-state index is 11.9. The number of benzene rings is 1. The molecule has 1 aromatic rings. The molecule has 108 valence electrons. The highest BCUT2D eigenvalue weighted by atomic mass is 16.5. The first kappa shape index (κ1) is 13.5. The van der Waals surface area contributed by atoms with Crippen LogP contribution in [0, 0.1) is 11.8 Å². The first-order chi connectivity index (χ1) is 9.77. The average Bonchev–Trinajstić information content (AvgIpc) is 3.01. The van der Waals surface area contributed by atoms with E-state index in [2.05, 4.69) is 19.1 Å². The zero-order valence-corrected chi connectivity index (χ0v) is 12.2. The highest BCUT2D eigenvalue weighted by Crippen LogP contribution is 2.63. The van der Waals surface area contributed by atoms with E-state index in [0.29, 0.717) is 18.4 Å². The van der Waals surface area contributed by atoms with Crippen LogP contribution >= 0.6 is 0 Å². The van der Waals surface area contributed by atoms with Crippen LogP contribution in [0.2, 0.25) is 0 Å². The van der Waals surface area contributed by atoms with Gasteiger partial charge in [0.05, 0.1) is 19.1 Å². The van der Waals surface area contributed by atoms with Crippen molar-refractivity contribution in [1.82, 2.24) is 0 Å². The Labute approximate surface area is 120 Å². The van der Waals surface area contributed by atoms with E-state index in [0.717, 1.165) is 31.6 Å². The Morgan fingerprint density at radius 3 is 2.95 bits per heavy atom. The predicted octanol–water partition coefficient (Wildman–Crippen LogP) is 3.31. The van der Waals surface area contributed by atoms with Crippen molar-refractivity contribution in [2.24, 2.45) is 11.8 Å². The van der Waals surface area contributed by atoms with E-state index >= 15 is 0 Å². The first-order valence-corrected chi connectivity index (χ1v) is 7.69. The SMILES string of the molecule is CCCCOc1cccc2c1[C@@H]1[C@H](C2)[C@H]1C(=O)OCC. The van der Waals surface area contributed by atoms with Gasteiger partial charge in [0.15, 0.2) is 0 Å². The molecule has 0 radical (unpaired) electrons. The molecule has 1 aromatic carbocycles. The molecule has 1 saturated carbocycles. The summed E-state index contributed by atoms with van der Waals surface area (Å²) in [7, 11) is 0. The summed E-state index contributed by atoms with van der Waals surface area (Å²) in [6, 6.07) is 6.26. The molecule has 0 spiro atoms. The minimum atomic E-state index is -0.0310. The molecule has 3 nitrogen and oxygen atoms in total. The van der Waals surface area contributed by atoms with Crippen molar-refractivity contribution in [2.75, 3.05) is 13.2 Å². The second-order valence-corrected chi connectivity index (χ2v) is 5.70. The molecule has 3 heteroatoms. The average molecular weight is 274 g/mol. The normalized spacial score (nSPS) is 25.8. The summed E-state index contributed by atoms with van der Waals surface area (Å²) in [6.45, 7) is 5.25. The molecular weight excluding hydrogens is 252 g/mol.